The normalized spacial score (nSPS) is 10.4. The number of aromatic carboxylic acids is 2. The van der Waals surface area contributed by atoms with Crippen molar-refractivity contribution in [3.63, 3.8) is 0 Å². The number of carboxylic acid groups (broad SMARTS) is 2. The monoisotopic (exact) mass is 444 g/mol. The number of hydrogen-bond donors (Lipinski definition) is 3. The Labute approximate surface area is 147 Å². The molecule has 0 atom stereocenters. The van der Waals surface area contributed by atoms with Gasteiger partial charge in [0, 0.05) is 0 Å². The molecule has 2 aromatic rings. The molecule has 0 aliphatic heterocycles. The van der Waals surface area contributed by atoms with E-state index in [4.69, 9.17) is 9.84 Å². The molecule has 0 heterocycles. The van der Waals surface area contributed by atoms with Crippen LogP contribution in [0.5, 0.6) is 17.2 Å². The van der Waals surface area contributed by atoms with Gasteiger partial charge in [-0.2, -0.15) is 0 Å². The number of phenols is 1. The number of rotatable bonds is 4. The van der Waals surface area contributed by atoms with Crippen LogP contribution in [0.25, 0.3) is 0 Å². The number of aromatic hydroxyl groups is 1. The molecule has 0 bridgehead atoms. The van der Waals surface area contributed by atoms with Gasteiger partial charge >= 0.3 is 11.9 Å². The Bertz CT molecular complexity index is 793. The van der Waals surface area contributed by atoms with Crippen molar-refractivity contribution in [1.29, 1.82) is 0 Å². The van der Waals surface area contributed by atoms with Crippen LogP contribution in [0, 0.1) is 6.92 Å². The third kappa shape index (κ3) is 3.48. The van der Waals surface area contributed by atoms with Crippen LogP contribution in [0.4, 0.5) is 0 Å². The number of benzene rings is 2. The summed E-state index contributed by atoms with van der Waals surface area (Å²) in [5.74, 6) is -3.64. The maximum absolute atomic E-state index is 11.4. The molecule has 0 radical (unpaired) electrons. The Morgan fingerprint density at radius 1 is 1.00 bits per heavy atom. The minimum Gasteiger partial charge on any atom is -0.507 e. The van der Waals surface area contributed by atoms with Gasteiger partial charge in [0.2, 0.25) is 0 Å². The Morgan fingerprint density at radius 3 is 2.00 bits per heavy atom. The quantitative estimate of drug-likeness (QED) is 0.643. The molecule has 120 valence electrons. The minimum absolute atomic E-state index is 0.196. The summed E-state index contributed by atoms with van der Waals surface area (Å²) in [5, 5.41) is 28.1. The first-order chi connectivity index (χ1) is 10.7. The maximum atomic E-state index is 11.4. The molecule has 2 aromatic carbocycles. The van der Waals surface area contributed by atoms with Gasteiger partial charge in [-0.3, -0.25) is 0 Å². The summed E-state index contributed by atoms with van der Waals surface area (Å²) in [6.07, 6.45) is 0. The number of aryl methyl sites for hydroxylation is 1. The lowest BCUT2D eigenvalue weighted by atomic mass is 10.1. The highest BCUT2D eigenvalue weighted by molar-refractivity contribution is 9.11. The van der Waals surface area contributed by atoms with E-state index in [1.807, 2.05) is 6.92 Å². The molecule has 8 heteroatoms. The van der Waals surface area contributed by atoms with Crippen molar-refractivity contribution in [2.45, 2.75) is 6.92 Å². The number of carbonyl (C=O) groups is 2. The van der Waals surface area contributed by atoms with Crippen LogP contribution in [0.15, 0.2) is 33.2 Å². The molecule has 0 aliphatic carbocycles. The average molecular weight is 446 g/mol. The highest BCUT2D eigenvalue weighted by Gasteiger charge is 2.26. The zero-order valence-electron chi connectivity index (χ0n) is 11.6. The molecule has 0 aromatic heterocycles. The lowest BCUT2D eigenvalue weighted by Gasteiger charge is -2.14. The first-order valence-corrected chi connectivity index (χ1v) is 7.77. The summed E-state index contributed by atoms with van der Waals surface area (Å²) in [4.78, 5) is 22.7. The van der Waals surface area contributed by atoms with Gasteiger partial charge in [-0.25, -0.2) is 9.59 Å². The SMILES string of the molecule is Cc1cc(Br)c(Oc2ccc(O)c(C(=O)O)c2C(=O)O)c(Br)c1. The topological polar surface area (TPSA) is 104 Å². The average Bonchev–Trinajstić information content (AvgIpc) is 2.42. The lowest BCUT2D eigenvalue weighted by Crippen LogP contribution is -2.10. The van der Waals surface area contributed by atoms with Crippen molar-refractivity contribution in [1.82, 2.24) is 0 Å². The second kappa shape index (κ2) is 6.59. The van der Waals surface area contributed by atoms with E-state index in [-0.39, 0.29) is 5.75 Å². The summed E-state index contributed by atoms with van der Waals surface area (Å²) < 4.78 is 6.71. The summed E-state index contributed by atoms with van der Waals surface area (Å²) in [6, 6.07) is 5.79. The fourth-order valence-electron chi connectivity index (χ4n) is 1.98. The Hall–Kier alpha value is -2.06. The molecule has 0 saturated carbocycles. The second-order valence-corrected chi connectivity index (χ2v) is 6.31. The maximum Gasteiger partial charge on any atom is 0.340 e. The van der Waals surface area contributed by atoms with E-state index in [1.54, 1.807) is 12.1 Å². The predicted octanol–water partition coefficient (Wildman–Crippen LogP) is 4.41. The summed E-state index contributed by atoms with van der Waals surface area (Å²) in [7, 11) is 0. The molecular weight excluding hydrogens is 436 g/mol. The van der Waals surface area contributed by atoms with E-state index in [9.17, 15) is 19.8 Å². The zero-order chi connectivity index (χ0) is 17.3. The standard InChI is InChI=1S/C15H10Br2O6/c1-6-4-7(16)13(8(17)5-6)23-10-3-2-9(18)11(14(19)20)12(10)15(21)22/h2-5,18H,1H3,(H,19,20)(H,21,22). The Morgan fingerprint density at radius 2 is 1.52 bits per heavy atom. The van der Waals surface area contributed by atoms with Crippen molar-refractivity contribution in [3.8, 4) is 17.2 Å². The molecule has 0 fully saturated rings. The Kier molecular flexibility index (Phi) is 4.96. The summed E-state index contributed by atoms with van der Waals surface area (Å²) in [6.45, 7) is 1.87. The van der Waals surface area contributed by atoms with E-state index in [1.165, 1.54) is 6.07 Å². The fourth-order valence-corrected chi connectivity index (χ4v) is 3.56. The largest absolute Gasteiger partial charge is 0.507 e. The Balaban J connectivity index is 2.64. The number of halogens is 2. The van der Waals surface area contributed by atoms with Gasteiger partial charge in [-0.05, 0) is 68.6 Å². The van der Waals surface area contributed by atoms with Crippen LogP contribution < -0.4 is 4.74 Å². The van der Waals surface area contributed by atoms with Crippen LogP contribution in [0.1, 0.15) is 26.3 Å². The highest BCUT2D eigenvalue weighted by Crippen LogP contribution is 2.40. The van der Waals surface area contributed by atoms with E-state index >= 15 is 0 Å². The van der Waals surface area contributed by atoms with Crippen molar-refractivity contribution < 1.29 is 29.6 Å². The van der Waals surface area contributed by atoms with Gasteiger partial charge in [0.1, 0.15) is 22.6 Å². The van der Waals surface area contributed by atoms with Crippen LogP contribution in [-0.2, 0) is 0 Å². The molecule has 0 amide bonds. The summed E-state index contributed by atoms with van der Waals surface area (Å²) >= 11 is 6.62. The number of ether oxygens (including phenoxy) is 1. The van der Waals surface area contributed by atoms with Crippen molar-refractivity contribution in [2.24, 2.45) is 0 Å². The molecule has 0 unspecified atom stereocenters. The van der Waals surface area contributed by atoms with E-state index in [0.29, 0.717) is 14.7 Å². The number of hydrogen-bond acceptors (Lipinski definition) is 4. The molecule has 0 saturated heterocycles. The van der Waals surface area contributed by atoms with Gasteiger partial charge < -0.3 is 20.1 Å². The molecule has 0 aliphatic rings. The predicted molar refractivity (Wildman–Crippen MR) is 88.7 cm³/mol. The fraction of sp³-hybridized carbons (Fsp3) is 0.0667. The minimum atomic E-state index is -1.56. The first kappa shape index (κ1) is 17.3. The van der Waals surface area contributed by atoms with E-state index in [0.717, 1.165) is 11.6 Å². The van der Waals surface area contributed by atoms with Gasteiger partial charge in [-0.1, -0.05) is 0 Å². The van der Waals surface area contributed by atoms with E-state index in [2.05, 4.69) is 31.9 Å². The van der Waals surface area contributed by atoms with Crippen LogP contribution in [0.2, 0.25) is 0 Å². The third-order valence-electron chi connectivity index (χ3n) is 2.93. The molecule has 23 heavy (non-hydrogen) atoms. The van der Waals surface area contributed by atoms with Gasteiger partial charge in [0.15, 0.2) is 5.75 Å². The van der Waals surface area contributed by atoms with Crippen molar-refractivity contribution in [2.75, 3.05) is 0 Å². The van der Waals surface area contributed by atoms with E-state index < -0.39 is 28.8 Å². The van der Waals surface area contributed by atoms with Crippen LogP contribution >= 0.6 is 31.9 Å². The molecule has 3 N–H and O–H groups in total. The van der Waals surface area contributed by atoms with Crippen LogP contribution in [-0.4, -0.2) is 27.3 Å². The van der Waals surface area contributed by atoms with Crippen LogP contribution in [0.3, 0.4) is 0 Å². The molecule has 6 nitrogen and oxygen atoms in total. The first-order valence-electron chi connectivity index (χ1n) is 6.18. The smallest absolute Gasteiger partial charge is 0.340 e. The van der Waals surface area contributed by atoms with Gasteiger partial charge in [0.05, 0.1) is 8.95 Å². The lowest BCUT2D eigenvalue weighted by molar-refractivity contribution is 0.0646. The van der Waals surface area contributed by atoms with Crippen molar-refractivity contribution >= 4 is 43.8 Å². The molecule has 2 rings (SSSR count). The van der Waals surface area contributed by atoms with Gasteiger partial charge in [0.25, 0.3) is 0 Å². The summed E-state index contributed by atoms with van der Waals surface area (Å²) in [5.41, 5.74) is -0.419. The van der Waals surface area contributed by atoms with Crippen molar-refractivity contribution in [3.05, 3.63) is 49.9 Å². The second-order valence-electron chi connectivity index (χ2n) is 4.60. The highest BCUT2D eigenvalue weighted by atomic mass is 79.9. The molecular formula is C15H10Br2O6. The third-order valence-corrected chi connectivity index (χ3v) is 4.11. The zero-order valence-corrected chi connectivity index (χ0v) is 14.8. The number of carboxylic acids is 2. The molecule has 0 spiro atoms. The van der Waals surface area contributed by atoms with Gasteiger partial charge in [-0.15, -0.1) is 0 Å².